The molecule has 20 heavy (non-hydrogen) atoms. The molecule has 0 atom stereocenters. The van der Waals surface area contributed by atoms with E-state index in [0.717, 1.165) is 23.0 Å². The first-order valence-corrected chi connectivity index (χ1v) is 7.54. The number of rotatable bonds is 0. The molecule has 0 unspecified atom stereocenters. The number of nitrogens with one attached hydrogen (secondary N) is 2. The van der Waals surface area contributed by atoms with Crippen molar-refractivity contribution in [3.8, 4) is 0 Å². The summed E-state index contributed by atoms with van der Waals surface area (Å²) in [7, 11) is 0. The maximum Gasteiger partial charge on any atom is 0.103 e. The predicted molar refractivity (Wildman–Crippen MR) is 90.2 cm³/mol. The second kappa shape index (κ2) is 17.4. The molecule has 2 heterocycles. The Bertz CT molecular complexity index is 317. The molecule has 0 radical (unpaired) electrons. The molecular formula is C16H34N4. The number of aromatic amines is 2. The SMILES string of the molecule is CC.CC.CC.Cc1cnc(C)[nH]1.Cc1cnc(C)[nH]1. The fraction of sp³-hybridized carbons (Fsp3) is 0.625. The molecule has 0 amide bonds. The topological polar surface area (TPSA) is 57.4 Å². The highest BCUT2D eigenvalue weighted by molar-refractivity contribution is 4.96. The Hall–Kier alpha value is -1.58. The van der Waals surface area contributed by atoms with E-state index in [1.54, 1.807) is 0 Å². The Balaban J connectivity index is -0.000000211. The number of aryl methyl sites for hydroxylation is 4. The lowest BCUT2D eigenvalue weighted by Crippen LogP contribution is -1.70. The first kappa shape index (κ1) is 23.5. The summed E-state index contributed by atoms with van der Waals surface area (Å²) in [6, 6.07) is 0. The van der Waals surface area contributed by atoms with Gasteiger partial charge in [0.15, 0.2) is 0 Å². The highest BCUT2D eigenvalue weighted by Crippen LogP contribution is 1.90. The number of hydrogen-bond acceptors (Lipinski definition) is 2. The van der Waals surface area contributed by atoms with Crippen LogP contribution in [0.3, 0.4) is 0 Å². The van der Waals surface area contributed by atoms with Crippen LogP contribution in [0.25, 0.3) is 0 Å². The normalized spacial score (nSPS) is 7.50. The van der Waals surface area contributed by atoms with Gasteiger partial charge in [-0.25, -0.2) is 9.97 Å². The van der Waals surface area contributed by atoms with Gasteiger partial charge in [0.25, 0.3) is 0 Å². The highest BCUT2D eigenvalue weighted by atomic mass is 14.9. The Morgan fingerprint density at radius 1 is 0.600 bits per heavy atom. The summed E-state index contributed by atoms with van der Waals surface area (Å²) >= 11 is 0. The molecular weight excluding hydrogens is 248 g/mol. The number of aromatic nitrogens is 4. The summed E-state index contributed by atoms with van der Waals surface area (Å²) in [5.74, 6) is 1.97. The Kier molecular flexibility index (Phi) is 20.5. The van der Waals surface area contributed by atoms with E-state index >= 15 is 0 Å². The molecule has 0 fully saturated rings. The number of hydrogen-bond donors (Lipinski definition) is 2. The standard InChI is InChI=1S/2C5H8N2.3C2H6/c2*1-4-3-6-5(2)7-4;3*1-2/h2*3H,1-2H3,(H,6,7);3*1-2H3. The number of nitrogens with zero attached hydrogens (tertiary/aromatic N) is 2. The fourth-order valence-corrected chi connectivity index (χ4v) is 1.09. The maximum absolute atomic E-state index is 3.96. The minimum Gasteiger partial charge on any atom is -0.346 e. The van der Waals surface area contributed by atoms with E-state index in [4.69, 9.17) is 0 Å². The zero-order valence-electron chi connectivity index (χ0n) is 15.0. The van der Waals surface area contributed by atoms with Crippen LogP contribution in [0.1, 0.15) is 64.6 Å². The van der Waals surface area contributed by atoms with Crippen molar-refractivity contribution in [3.05, 3.63) is 35.4 Å². The first-order chi connectivity index (χ1) is 9.58. The molecule has 2 aromatic heterocycles. The average Bonchev–Trinajstić information content (AvgIpc) is 3.05. The van der Waals surface area contributed by atoms with Crippen LogP contribution in [0.2, 0.25) is 0 Å². The molecule has 0 aliphatic rings. The Labute approximate surface area is 125 Å². The third-order valence-electron chi connectivity index (χ3n) is 1.66. The van der Waals surface area contributed by atoms with Crippen LogP contribution >= 0.6 is 0 Å². The third kappa shape index (κ3) is 14.5. The largest absolute Gasteiger partial charge is 0.346 e. The second-order valence-corrected chi connectivity index (χ2v) is 3.30. The van der Waals surface area contributed by atoms with E-state index < -0.39 is 0 Å². The van der Waals surface area contributed by atoms with Gasteiger partial charge in [-0.1, -0.05) is 41.5 Å². The lowest BCUT2D eigenvalue weighted by Gasteiger charge is -1.74. The van der Waals surface area contributed by atoms with Crippen molar-refractivity contribution < 1.29 is 0 Å². The lowest BCUT2D eigenvalue weighted by atomic mass is 10.6. The smallest absolute Gasteiger partial charge is 0.103 e. The summed E-state index contributed by atoms with van der Waals surface area (Å²) in [6.45, 7) is 19.8. The second-order valence-electron chi connectivity index (χ2n) is 3.30. The molecule has 0 aliphatic heterocycles. The number of H-pyrrole nitrogens is 2. The summed E-state index contributed by atoms with van der Waals surface area (Å²) in [5, 5.41) is 0. The van der Waals surface area contributed by atoms with E-state index in [1.165, 1.54) is 0 Å². The fourth-order valence-electron chi connectivity index (χ4n) is 1.09. The zero-order chi connectivity index (χ0) is 16.6. The molecule has 0 saturated heterocycles. The van der Waals surface area contributed by atoms with Gasteiger partial charge in [0.2, 0.25) is 0 Å². The van der Waals surface area contributed by atoms with Gasteiger partial charge < -0.3 is 9.97 Å². The van der Waals surface area contributed by atoms with Crippen LogP contribution in [0, 0.1) is 27.7 Å². The van der Waals surface area contributed by atoms with E-state index in [9.17, 15) is 0 Å². The zero-order valence-corrected chi connectivity index (χ0v) is 15.0. The Morgan fingerprint density at radius 3 is 0.900 bits per heavy atom. The van der Waals surface area contributed by atoms with Crippen molar-refractivity contribution >= 4 is 0 Å². The summed E-state index contributed by atoms with van der Waals surface area (Å²) in [6.07, 6.45) is 3.63. The molecule has 0 aromatic carbocycles. The van der Waals surface area contributed by atoms with Crippen molar-refractivity contribution in [2.24, 2.45) is 0 Å². The maximum atomic E-state index is 3.96. The van der Waals surface area contributed by atoms with Crippen LogP contribution in [-0.4, -0.2) is 19.9 Å². The quantitative estimate of drug-likeness (QED) is 0.703. The highest BCUT2D eigenvalue weighted by Gasteiger charge is 1.84. The molecule has 4 heteroatoms. The van der Waals surface area contributed by atoms with Crippen molar-refractivity contribution in [2.75, 3.05) is 0 Å². The molecule has 2 aromatic rings. The van der Waals surface area contributed by atoms with E-state index in [1.807, 2.05) is 81.6 Å². The van der Waals surface area contributed by atoms with Gasteiger partial charge >= 0.3 is 0 Å². The van der Waals surface area contributed by atoms with E-state index in [2.05, 4.69) is 19.9 Å². The average molecular weight is 282 g/mol. The van der Waals surface area contributed by atoms with Gasteiger partial charge in [-0.15, -0.1) is 0 Å². The lowest BCUT2D eigenvalue weighted by molar-refractivity contribution is 1.13. The molecule has 4 nitrogen and oxygen atoms in total. The van der Waals surface area contributed by atoms with Crippen LogP contribution in [0.5, 0.6) is 0 Å². The summed E-state index contributed by atoms with van der Waals surface area (Å²) in [5.41, 5.74) is 2.25. The first-order valence-electron chi connectivity index (χ1n) is 7.54. The minimum atomic E-state index is 0.984. The Morgan fingerprint density at radius 2 is 0.850 bits per heavy atom. The van der Waals surface area contributed by atoms with Crippen LogP contribution in [0.4, 0.5) is 0 Å². The molecule has 2 rings (SSSR count). The molecule has 0 bridgehead atoms. The van der Waals surface area contributed by atoms with Crippen molar-refractivity contribution in [2.45, 2.75) is 69.2 Å². The van der Waals surface area contributed by atoms with Gasteiger partial charge in [0, 0.05) is 23.8 Å². The molecule has 2 N–H and O–H groups in total. The van der Waals surface area contributed by atoms with Crippen molar-refractivity contribution in [1.82, 2.24) is 19.9 Å². The van der Waals surface area contributed by atoms with Crippen LogP contribution < -0.4 is 0 Å². The van der Waals surface area contributed by atoms with Gasteiger partial charge in [-0.2, -0.15) is 0 Å². The van der Waals surface area contributed by atoms with E-state index in [0.29, 0.717) is 0 Å². The van der Waals surface area contributed by atoms with Gasteiger partial charge in [0.1, 0.15) is 11.6 Å². The summed E-state index contributed by atoms with van der Waals surface area (Å²) in [4.78, 5) is 14.0. The third-order valence-corrected chi connectivity index (χ3v) is 1.66. The van der Waals surface area contributed by atoms with Crippen LogP contribution in [0.15, 0.2) is 12.4 Å². The van der Waals surface area contributed by atoms with Gasteiger partial charge in [-0.05, 0) is 27.7 Å². The molecule has 0 aliphatic carbocycles. The minimum absolute atomic E-state index is 0.984. The monoisotopic (exact) mass is 282 g/mol. The van der Waals surface area contributed by atoms with E-state index in [-0.39, 0.29) is 0 Å². The van der Waals surface area contributed by atoms with Crippen molar-refractivity contribution in [3.63, 3.8) is 0 Å². The van der Waals surface area contributed by atoms with Crippen molar-refractivity contribution in [1.29, 1.82) is 0 Å². The summed E-state index contributed by atoms with van der Waals surface area (Å²) < 4.78 is 0. The van der Waals surface area contributed by atoms with Gasteiger partial charge in [0.05, 0.1) is 0 Å². The van der Waals surface area contributed by atoms with Gasteiger partial charge in [-0.3, -0.25) is 0 Å². The molecule has 0 saturated carbocycles. The molecule has 118 valence electrons. The number of imidazole rings is 2. The molecule has 0 spiro atoms. The van der Waals surface area contributed by atoms with Crippen LogP contribution in [-0.2, 0) is 0 Å². The predicted octanol–water partition coefficient (Wildman–Crippen LogP) is 5.13.